The second kappa shape index (κ2) is 6.93. The third-order valence-corrected chi connectivity index (χ3v) is 2.69. The number of aliphatic carboxylic acids is 1. The van der Waals surface area contributed by atoms with Crippen LogP contribution in [0.2, 0.25) is 0 Å². The Morgan fingerprint density at radius 1 is 1.32 bits per heavy atom. The fourth-order valence-electron chi connectivity index (χ4n) is 1.71. The number of carboxylic acids is 1. The van der Waals surface area contributed by atoms with Crippen molar-refractivity contribution in [3.05, 3.63) is 35.4 Å². The largest absolute Gasteiger partial charge is 0.480 e. The fourth-order valence-corrected chi connectivity index (χ4v) is 1.71. The van der Waals surface area contributed by atoms with Gasteiger partial charge in [-0.3, -0.25) is 5.41 Å². The van der Waals surface area contributed by atoms with E-state index < -0.39 is 23.7 Å². The molecule has 0 bridgehead atoms. The zero-order valence-corrected chi connectivity index (χ0v) is 12.8. The number of hydrogen-bond acceptors (Lipinski definition) is 4. The summed E-state index contributed by atoms with van der Waals surface area (Å²) < 4.78 is 5.05. The van der Waals surface area contributed by atoms with Gasteiger partial charge in [0.25, 0.3) is 0 Å². The number of nitrogen functional groups attached to an aromatic ring is 1. The van der Waals surface area contributed by atoms with Crippen molar-refractivity contribution < 1.29 is 19.4 Å². The van der Waals surface area contributed by atoms with Crippen LogP contribution in [0.1, 0.15) is 31.9 Å². The SMILES string of the molecule is CC(C)(C)OC(=O)N[C@@H](Cc1ccc(C(=N)N)cc1)C(=O)O. The van der Waals surface area contributed by atoms with Gasteiger partial charge in [0.2, 0.25) is 0 Å². The minimum Gasteiger partial charge on any atom is -0.480 e. The van der Waals surface area contributed by atoms with Crippen LogP contribution < -0.4 is 11.1 Å². The van der Waals surface area contributed by atoms with Gasteiger partial charge < -0.3 is 20.9 Å². The van der Waals surface area contributed by atoms with Gasteiger partial charge in [0.1, 0.15) is 17.5 Å². The summed E-state index contributed by atoms with van der Waals surface area (Å²) in [6.45, 7) is 5.09. The third kappa shape index (κ3) is 5.82. The van der Waals surface area contributed by atoms with Crippen LogP contribution in [0.4, 0.5) is 4.79 Å². The van der Waals surface area contributed by atoms with Crippen molar-refractivity contribution in [2.75, 3.05) is 0 Å². The number of amides is 1. The maximum Gasteiger partial charge on any atom is 0.408 e. The van der Waals surface area contributed by atoms with Crippen LogP contribution in [0.25, 0.3) is 0 Å². The Hall–Kier alpha value is -2.57. The van der Waals surface area contributed by atoms with E-state index >= 15 is 0 Å². The van der Waals surface area contributed by atoms with Gasteiger partial charge in [-0.1, -0.05) is 24.3 Å². The standard InChI is InChI=1S/C15H21N3O4/c1-15(2,3)22-14(21)18-11(13(19)20)8-9-4-6-10(7-5-9)12(16)17/h4-7,11H,8H2,1-3H3,(H3,16,17)(H,18,21)(H,19,20)/t11-/m0/s1. The average Bonchev–Trinajstić information content (AvgIpc) is 2.36. The summed E-state index contributed by atoms with van der Waals surface area (Å²) in [5, 5.41) is 18.8. The number of ether oxygens (including phenoxy) is 1. The molecule has 7 nitrogen and oxygen atoms in total. The molecule has 0 spiro atoms. The van der Waals surface area contributed by atoms with Gasteiger partial charge in [0.05, 0.1) is 0 Å². The number of carboxylic acid groups (broad SMARTS) is 1. The van der Waals surface area contributed by atoms with E-state index in [9.17, 15) is 14.7 Å². The number of nitrogens with one attached hydrogen (secondary N) is 2. The van der Waals surface area contributed by atoms with Gasteiger partial charge in [0.15, 0.2) is 0 Å². The summed E-state index contributed by atoms with van der Waals surface area (Å²) in [6, 6.07) is 5.50. The molecule has 22 heavy (non-hydrogen) atoms. The maximum atomic E-state index is 11.7. The second-order valence-electron chi connectivity index (χ2n) is 5.85. The number of hydrogen-bond donors (Lipinski definition) is 4. The number of carbonyl (C=O) groups is 2. The lowest BCUT2D eigenvalue weighted by Gasteiger charge is -2.22. The Balaban J connectivity index is 2.74. The molecule has 1 rings (SSSR count). The van der Waals surface area contributed by atoms with E-state index in [1.54, 1.807) is 45.0 Å². The van der Waals surface area contributed by atoms with Crippen molar-refractivity contribution in [2.45, 2.75) is 38.8 Å². The van der Waals surface area contributed by atoms with Gasteiger partial charge in [-0.2, -0.15) is 0 Å². The molecule has 0 heterocycles. The predicted molar refractivity (Wildman–Crippen MR) is 82.0 cm³/mol. The van der Waals surface area contributed by atoms with Crippen LogP contribution in [-0.2, 0) is 16.0 Å². The van der Waals surface area contributed by atoms with E-state index in [-0.39, 0.29) is 12.3 Å². The highest BCUT2D eigenvalue weighted by molar-refractivity contribution is 5.94. The first-order valence-corrected chi connectivity index (χ1v) is 6.74. The molecule has 1 aromatic carbocycles. The lowest BCUT2D eigenvalue weighted by Crippen LogP contribution is -2.44. The molecule has 1 atom stereocenters. The van der Waals surface area contributed by atoms with Crippen LogP contribution in [-0.4, -0.2) is 34.6 Å². The molecule has 5 N–H and O–H groups in total. The van der Waals surface area contributed by atoms with Gasteiger partial charge in [-0.05, 0) is 26.3 Å². The molecule has 0 saturated heterocycles. The Labute approximate surface area is 129 Å². The van der Waals surface area contributed by atoms with E-state index in [0.717, 1.165) is 0 Å². The molecule has 0 fully saturated rings. The number of nitrogens with two attached hydrogens (primary N) is 1. The lowest BCUT2D eigenvalue weighted by molar-refractivity contribution is -0.139. The van der Waals surface area contributed by atoms with Crippen LogP contribution in [0, 0.1) is 5.41 Å². The van der Waals surface area contributed by atoms with E-state index in [2.05, 4.69) is 5.32 Å². The van der Waals surface area contributed by atoms with Crippen molar-refractivity contribution in [1.82, 2.24) is 5.32 Å². The van der Waals surface area contributed by atoms with Crippen molar-refractivity contribution in [3.63, 3.8) is 0 Å². The summed E-state index contributed by atoms with van der Waals surface area (Å²) in [6.07, 6.45) is -0.674. The smallest absolute Gasteiger partial charge is 0.408 e. The molecular formula is C15H21N3O4. The number of carbonyl (C=O) groups excluding carboxylic acids is 1. The zero-order chi connectivity index (χ0) is 16.9. The normalized spacial score (nSPS) is 12.3. The Bertz CT molecular complexity index is 561. The number of alkyl carbamates (subject to hydrolysis) is 1. The minimum atomic E-state index is -1.15. The molecular weight excluding hydrogens is 286 g/mol. The quantitative estimate of drug-likeness (QED) is 0.484. The average molecular weight is 307 g/mol. The number of benzene rings is 1. The first-order valence-electron chi connectivity index (χ1n) is 6.74. The second-order valence-corrected chi connectivity index (χ2v) is 5.85. The molecule has 0 aliphatic rings. The maximum absolute atomic E-state index is 11.7. The van der Waals surface area contributed by atoms with Crippen molar-refractivity contribution in [3.8, 4) is 0 Å². The molecule has 0 aliphatic carbocycles. The molecule has 0 unspecified atom stereocenters. The van der Waals surface area contributed by atoms with Crippen LogP contribution in [0.3, 0.4) is 0 Å². The van der Waals surface area contributed by atoms with E-state index in [1.807, 2.05) is 0 Å². The van der Waals surface area contributed by atoms with Crippen molar-refractivity contribution in [1.29, 1.82) is 5.41 Å². The van der Waals surface area contributed by atoms with Crippen LogP contribution in [0.5, 0.6) is 0 Å². The summed E-state index contributed by atoms with van der Waals surface area (Å²) >= 11 is 0. The summed E-state index contributed by atoms with van der Waals surface area (Å²) in [7, 11) is 0. The Kier molecular flexibility index (Phi) is 5.50. The molecule has 1 aromatic rings. The van der Waals surface area contributed by atoms with Crippen molar-refractivity contribution in [2.24, 2.45) is 5.73 Å². The Morgan fingerprint density at radius 3 is 2.27 bits per heavy atom. The molecule has 7 heteroatoms. The first kappa shape index (κ1) is 17.5. The van der Waals surface area contributed by atoms with E-state index in [1.165, 1.54) is 0 Å². The topological polar surface area (TPSA) is 126 Å². The molecule has 0 saturated carbocycles. The van der Waals surface area contributed by atoms with Crippen molar-refractivity contribution >= 4 is 17.9 Å². The third-order valence-electron chi connectivity index (χ3n) is 2.69. The van der Waals surface area contributed by atoms with Gasteiger partial charge >= 0.3 is 12.1 Å². The van der Waals surface area contributed by atoms with E-state index in [4.69, 9.17) is 15.9 Å². The van der Waals surface area contributed by atoms with Gasteiger partial charge in [0, 0.05) is 12.0 Å². The summed E-state index contributed by atoms with van der Waals surface area (Å²) in [4.78, 5) is 22.9. The fraction of sp³-hybridized carbons (Fsp3) is 0.400. The molecule has 0 aromatic heterocycles. The minimum absolute atomic E-state index is 0.0618. The molecule has 0 radical (unpaired) electrons. The van der Waals surface area contributed by atoms with Gasteiger partial charge in [-0.25, -0.2) is 9.59 Å². The Morgan fingerprint density at radius 2 is 1.86 bits per heavy atom. The predicted octanol–water partition coefficient (Wildman–Crippen LogP) is 1.49. The molecule has 0 aliphatic heterocycles. The highest BCUT2D eigenvalue weighted by atomic mass is 16.6. The zero-order valence-electron chi connectivity index (χ0n) is 12.8. The van der Waals surface area contributed by atoms with Crippen LogP contribution in [0.15, 0.2) is 24.3 Å². The van der Waals surface area contributed by atoms with E-state index in [0.29, 0.717) is 11.1 Å². The summed E-state index contributed by atoms with van der Waals surface area (Å²) in [5.74, 6) is -1.21. The molecule has 1 amide bonds. The lowest BCUT2D eigenvalue weighted by atomic mass is 10.0. The molecule has 120 valence electrons. The number of rotatable bonds is 5. The monoisotopic (exact) mass is 307 g/mol. The van der Waals surface area contributed by atoms with Crippen LogP contribution >= 0.6 is 0 Å². The number of amidine groups is 1. The summed E-state index contributed by atoms with van der Waals surface area (Å²) in [5.41, 5.74) is 5.91. The highest BCUT2D eigenvalue weighted by Gasteiger charge is 2.24. The highest BCUT2D eigenvalue weighted by Crippen LogP contribution is 2.09. The first-order chi connectivity index (χ1) is 10.1. The van der Waals surface area contributed by atoms with Gasteiger partial charge in [-0.15, -0.1) is 0 Å².